The van der Waals surface area contributed by atoms with Gasteiger partial charge in [0.25, 0.3) is 0 Å². The SMILES string of the molecule is Oc1ccc(CCCCI)cc1/C=C/c1ccc(Br)cc1. The van der Waals surface area contributed by atoms with Gasteiger partial charge >= 0.3 is 0 Å². The van der Waals surface area contributed by atoms with E-state index in [2.05, 4.69) is 44.6 Å². The number of phenolic OH excluding ortho intramolecular Hbond substituents is 1. The van der Waals surface area contributed by atoms with E-state index in [4.69, 9.17) is 0 Å². The summed E-state index contributed by atoms with van der Waals surface area (Å²) in [5.41, 5.74) is 3.28. The number of rotatable bonds is 6. The van der Waals surface area contributed by atoms with Crippen LogP contribution in [-0.2, 0) is 6.42 Å². The van der Waals surface area contributed by atoms with E-state index in [1.54, 1.807) is 6.07 Å². The van der Waals surface area contributed by atoms with E-state index in [-0.39, 0.29) is 0 Å². The predicted molar refractivity (Wildman–Crippen MR) is 103 cm³/mol. The fourth-order valence-electron chi connectivity index (χ4n) is 2.08. The molecular weight excluding hydrogens is 439 g/mol. The van der Waals surface area contributed by atoms with Gasteiger partial charge in [-0.05, 0) is 59.1 Å². The Balaban J connectivity index is 2.11. The molecule has 0 aromatic heterocycles. The maximum Gasteiger partial charge on any atom is 0.122 e. The predicted octanol–water partition coefficient (Wildman–Crippen LogP) is 6.08. The van der Waals surface area contributed by atoms with Crippen LogP contribution in [-0.4, -0.2) is 9.53 Å². The summed E-state index contributed by atoms with van der Waals surface area (Å²) >= 11 is 5.84. The molecule has 0 saturated carbocycles. The number of aromatic hydroxyl groups is 1. The second kappa shape index (κ2) is 8.59. The summed E-state index contributed by atoms with van der Waals surface area (Å²) in [5, 5.41) is 9.97. The van der Waals surface area contributed by atoms with Crippen LogP contribution in [0, 0.1) is 0 Å². The lowest BCUT2D eigenvalue weighted by Gasteiger charge is -2.04. The molecule has 0 atom stereocenters. The Kier molecular flexibility index (Phi) is 6.77. The molecule has 0 aliphatic carbocycles. The maximum absolute atomic E-state index is 9.97. The Bertz CT molecular complexity index is 605. The zero-order valence-electron chi connectivity index (χ0n) is 11.7. The highest BCUT2D eigenvalue weighted by Crippen LogP contribution is 2.22. The Labute approximate surface area is 148 Å². The van der Waals surface area contributed by atoms with Crippen LogP contribution >= 0.6 is 38.5 Å². The minimum absolute atomic E-state index is 0.334. The minimum Gasteiger partial charge on any atom is -0.507 e. The Morgan fingerprint density at radius 1 is 1.00 bits per heavy atom. The molecule has 21 heavy (non-hydrogen) atoms. The monoisotopic (exact) mass is 456 g/mol. The van der Waals surface area contributed by atoms with Crippen molar-refractivity contribution in [3.63, 3.8) is 0 Å². The van der Waals surface area contributed by atoms with Gasteiger partial charge in [-0.1, -0.05) is 68.9 Å². The summed E-state index contributed by atoms with van der Waals surface area (Å²) < 4.78 is 2.27. The molecule has 0 fully saturated rings. The van der Waals surface area contributed by atoms with Crippen LogP contribution in [0.1, 0.15) is 29.5 Å². The molecule has 0 aliphatic rings. The van der Waals surface area contributed by atoms with E-state index >= 15 is 0 Å². The molecule has 2 rings (SSSR count). The second-order valence-electron chi connectivity index (χ2n) is 4.92. The molecule has 110 valence electrons. The molecular formula is C18H18BrIO. The van der Waals surface area contributed by atoms with Crippen molar-refractivity contribution in [3.05, 3.63) is 63.6 Å². The molecule has 1 nitrogen and oxygen atoms in total. The van der Waals surface area contributed by atoms with Crippen LogP contribution in [0.5, 0.6) is 5.75 Å². The number of unbranched alkanes of at least 4 members (excludes halogenated alkanes) is 1. The lowest BCUT2D eigenvalue weighted by Crippen LogP contribution is -1.87. The van der Waals surface area contributed by atoms with Gasteiger partial charge in [0.2, 0.25) is 0 Å². The molecule has 0 spiro atoms. The van der Waals surface area contributed by atoms with Gasteiger partial charge < -0.3 is 5.11 Å². The van der Waals surface area contributed by atoms with E-state index < -0.39 is 0 Å². The van der Waals surface area contributed by atoms with Crippen molar-refractivity contribution >= 4 is 50.7 Å². The highest BCUT2D eigenvalue weighted by molar-refractivity contribution is 14.1. The third kappa shape index (κ3) is 5.47. The molecule has 2 aromatic rings. The number of aryl methyl sites for hydroxylation is 1. The van der Waals surface area contributed by atoms with Crippen molar-refractivity contribution < 1.29 is 5.11 Å². The maximum atomic E-state index is 9.97. The number of alkyl halides is 1. The van der Waals surface area contributed by atoms with E-state index in [0.29, 0.717) is 5.75 Å². The van der Waals surface area contributed by atoms with E-state index in [0.717, 1.165) is 22.0 Å². The number of benzene rings is 2. The van der Waals surface area contributed by atoms with Gasteiger partial charge in [-0.3, -0.25) is 0 Å². The van der Waals surface area contributed by atoms with Crippen molar-refractivity contribution in [2.75, 3.05) is 4.43 Å². The Hall–Kier alpha value is -0.810. The molecule has 0 amide bonds. The summed E-state index contributed by atoms with van der Waals surface area (Å²) in [6, 6.07) is 14.0. The first-order chi connectivity index (χ1) is 10.2. The molecule has 0 unspecified atom stereocenters. The van der Waals surface area contributed by atoms with Gasteiger partial charge in [0.1, 0.15) is 5.75 Å². The minimum atomic E-state index is 0.334. The third-order valence-electron chi connectivity index (χ3n) is 3.27. The van der Waals surface area contributed by atoms with E-state index in [1.165, 1.54) is 22.8 Å². The van der Waals surface area contributed by atoms with E-state index in [1.807, 2.05) is 42.5 Å². The molecule has 2 aromatic carbocycles. The fourth-order valence-corrected chi connectivity index (χ4v) is 2.88. The van der Waals surface area contributed by atoms with Crippen LogP contribution in [0.3, 0.4) is 0 Å². The van der Waals surface area contributed by atoms with Crippen molar-refractivity contribution in [1.29, 1.82) is 0 Å². The average Bonchev–Trinajstić information content (AvgIpc) is 2.49. The van der Waals surface area contributed by atoms with E-state index in [9.17, 15) is 5.11 Å². The van der Waals surface area contributed by atoms with Crippen LogP contribution in [0.15, 0.2) is 46.9 Å². The van der Waals surface area contributed by atoms with Crippen molar-refractivity contribution in [2.24, 2.45) is 0 Å². The first-order valence-corrected chi connectivity index (χ1v) is 9.32. The van der Waals surface area contributed by atoms with Gasteiger partial charge in [-0.25, -0.2) is 0 Å². The largest absolute Gasteiger partial charge is 0.507 e. The zero-order chi connectivity index (χ0) is 15.1. The van der Waals surface area contributed by atoms with Crippen LogP contribution < -0.4 is 0 Å². The molecule has 0 aliphatic heterocycles. The van der Waals surface area contributed by atoms with Gasteiger partial charge in [-0.2, -0.15) is 0 Å². The first-order valence-electron chi connectivity index (χ1n) is 7.00. The van der Waals surface area contributed by atoms with Gasteiger partial charge in [-0.15, -0.1) is 0 Å². The standard InChI is InChI=1S/C18H18BrIO/c19-17-9-5-14(6-10-17)4-8-16-13-15(3-1-2-12-20)7-11-18(16)21/h4-11,13,21H,1-3,12H2/b8-4+. The molecule has 0 bridgehead atoms. The highest BCUT2D eigenvalue weighted by Gasteiger charge is 2.00. The summed E-state index contributed by atoms with van der Waals surface area (Å²) in [7, 11) is 0. The number of hydrogen-bond acceptors (Lipinski definition) is 1. The lowest BCUT2D eigenvalue weighted by molar-refractivity contribution is 0.474. The first kappa shape index (κ1) is 16.6. The van der Waals surface area contributed by atoms with Crippen molar-refractivity contribution in [1.82, 2.24) is 0 Å². The Morgan fingerprint density at radius 2 is 1.76 bits per heavy atom. The molecule has 0 saturated heterocycles. The quantitative estimate of drug-likeness (QED) is 0.241. The lowest BCUT2D eigenvalue weighted by atomic mass is 10.0. The van der Waals surface area contributed by atoms with Crippen molar-refractivity contribution in [3.8, 4) is 5.75 Å². The summed E-state index contributed by atoms with van der Waals surface area (Å²) in [6.45, 7) is 0. The average molecular weight is 457 g/mol. The molecule has 0 heterocycles. The van der Waals surface area contributed by atoms with Crippen molar-refractivity contribution in [2.45, 2.75) is 19.3 Å². The van der Waals surface area contributed by atoms with Crippen LogP contribution in [0.2, 0.25) is 0 Å². The topological polar surface area (TPSA) is 20.2 Å². The highest BCUT2D eigenvalue weighted by atomic mass is 127. The molecule has 3 heteroatoms. The Morgan fingerprint density at radius 3 is 2.48 bits per heavy atom. The van der Waals surface area contributed by atoms with Gasteiger partial charge in [0.15, 0.2) is 0 Å². The van der Waals surface area contributed by atoms with Gasteiger partial charge in [0.05, 0.1) is 0 Å². The van der Waals surface area contributed by atoms with Crippen LogP contribution in [0.25, 0.3) is 12.2 Å². The number of hydrogen-bond donors (Lipinski definition) is 1. The van der Waals surface area contributed by atoms with Crippen LogP contribution in [0.4, 0.5) is 0 Å². The zero-order valence-corrected chi connectivity index (χ0v) is 15.5. The number of halogens is 2. The smallest absolute Gasteiger partial charge is 0.122 e. The fraction of sp³-hybridized carbons (Fsp3) is 0.222. The summed E-state index contributed by atoms with van der Waals surface area (Å²) in [6.07, 6.45) is 7.51. The van der Waals surface area contributed by atoms with Gasteiger partial charge in [0, 0.05) is 10.0 Å². The third-order valence-corrected chi connectivity index (χ3v) is 4.56. The summed E-state index contributed by atoms with van der Waals surface area (Å²) in [4.78, 5) is 0. The molecule has 0 radical (unpaired) electrons. The summed E-state index contributed by atoms with van der Waals surface area (Å²) in [5.74, 6) is 0.334. The number of phenols is 1. The normalized spacial score (nSPS) is 11.1. The second-order valence-corrected chi connectivity index (χ2v) is 6.92. The molecule has 1 N–H and O–H groups in total.